The SMILES string of the molecule is Cc1cccc(C(=O)OCc2ccc3c(c2)OCO3)c1. The summed E-state index contributed by atoms with van der Waals surface area (Å²) in [6, 6.07) is 12.8. The number of hydrogen-bond donors (Lipinski definition) is 0. The lowest BCUT2D eigenvalue weighted by molar-refractivity contribution is 0.0472. The van der Waals surface area contributed by atoms with Crippen LogP contribution in [0.3, 0.4) is 0 Å². The van der Waals surface area contributed by atoms with Crippen molar-refractivity contribution >= 4 is 5.97 Å². The third-order valence-corrected chi connectivity index (χ3v) is 3.06. The molecular formula is C16H14O4. The summed E-state index contributed by atoms with van der Waals surface area (Å²) in [5.41, 5.74) is 2.46. The number of aryl methyl sites for hydroxylation is 1. The van der Waals surface area contributed by atoms with E-state index >= 15 is 0 Å². The number of rotatable bonds is 3. The quantitative estimate of drug-likeness (QED) is 0.804. The third kappa shape index (κ3) is 2.59. The fourth-order valence-electron chi connectivity index (χ4n) is 2.03. The molecule has 2 aromatic carbocycles. The van der Waals surface area contributed by atoms with Crippen molar-refractivity contribution < 1.29 is 19.0 Å². The summed E-state index contributed by atoms with van der Waals surface area (Å²) in [4.78, 5) is 11.9. The van der Waals surface area contributed by atoms with Crippen LogP contribution in [0.4, 0.5) is 0 Å². The molecule has 2 aromatic rings. The van der Waals surface area contributed by atoms with Crippen LogP contribution in [0.15, 0.2) is 42.5 Å². The Labute approximate surface area is 116 Å². The van der Waals surface area contributed by atoms with E-state index in [2.05, 4.69) is 0 Å². The van der Waals surface area contributed by atoms with Crippen molar-refractivity contribution in [1.29, 1.82) is 0 Å². The molecule has 0 spiro atoms. The van der Waals surface area contributed by atoms with Crippen LogP contribution < -0.4 is 9.47 Å². The lowest BCUT2D eigenvalue weighted by Crippen LogP contribution is -2.05. The molecule has 1 heterocycles. The zero-order valence-corrected chi connectivity index (χ0v) is 11.1. The highest BCUT2D eigenvalue weighted by molar-refractivity contribution is 5.89. The minimum atomic E-state index is -0.327. The molecule has 4 heteroatoms. The molecule has 0 aliphatic carbocycles. The minimum absolute atomic E-state index is 0.212. The molecule has 0 amide bonds. The number of carbonyl (C=O) groups is 1. The summed E-state index contributed by atoms with van der Waals surface area (Å²) in [6.07, 6.45) is 0. The van der Waals surface area contributed by atoms with Crippen molar-refractivity contribution in [2.45, 2.75) is 13.5 Å². The van der Waals surface area contributed by atoms with Gasteiger partial charge in [-0.3, -0.25) is 0 Å². The Morgan fingerprint density at radius 2 is 2.00 bits per heavy atom. The average molecular weight is 270 g/mol. The van der Waals surface area contributed by atoms with Crippen LogP contribution in [0.25, 0.3) is 0 Å². The molecular weight excluding hydrogens is 256 g/mol. The van der Waals surface area contributed by atoms with Crippen molar-refractivity contribution in [2.75, 3.05) is 6.79 Å². The van der Waals surface area contributed by atoms with Gasteiger partial charge in [0.05, 0.1) is 5.56 Å². The predicted molar refractivity (Wildman–Crippen MR) is 72.9 cm³/mol. The largest absolute Gasteiger partial charge is 0.457 e. The standard InChI is InChI=1S/C16H14O4/c1-11-3-2-4-13(7-11)16(17)18-9-12-5-6-14-15(8-12)20-10-19-14/h2-8H,9-10H2,1H3. The Hall–Kier alpha value is -2.49. The normalized spacial score (nSPS) is 12.2. The number of benzene rings is 2. The van der Waals surface area contributed by atoms with Crippen molar-refractivity contribution in [3.63, 3.8) is 0 Å². The van der Waals surface area contributed by atoms with E-state index in [-0.39, 0.29) is 19.4 Å². The second-order valence-corrected chi connectivity index (χ2v) is 4.63. The molecule has 0 fully saturated rings. The van der Waals surface area contributed by atoms with Crippen LogP contribution in [-0.4, -0.2) is 12.8 Å². The maximum absolute atomic E-state index is 11.9. The number of fused-ring (bicyclic) bond motifs is 1. The van der Waals surface area contributed by atoms with Crippen LogP contribution in [0, 0.1) is 6.92 Å². The van der Waals surface area contributed by atoms with Gasteiger partial charge in [-0.1, -0.05) is 23.8 Å². The fraction of sp³-hybridized carbons (Fsp3) is 0.188. The van der Waals surface area contributed by atoms with E-state index in [4.69, 9.17) is 14.2 Å². The molecule has 0 aromatic heterocycles. The molecule has 0 atom stereocenters. The van der Waals surface area contributed by atoms with Crippen LogP contribution >= 0.6 is 0 Å². The Morgan fingerprint density at radius 3 is 2.85 bits per heavy atom. The van der Waals surface area contributed by atoms with E-state index in [1.54, 1.807) is 6.07 Å². The molecule has 0 saturated carbocycles. The number of hydrogen-bond acceptors (Lipinski definition) is 4. The van der Waals surface area contributed by atoms with E-state index < -0.39 is 0 Å². The van der Waals surface area contributed by atoms with E-state index in [0.717, 1.165) is 16.9 Å². The summed E-state index contributed by atoms with van der Waals surface area (Å²) in [5, 5.41) is 0. The van der Waals surface area contributed by atoms with Gasteiger partial charge >= 0.3 is 5.97 Å². The third-order valence-electron chi connectivity index (χ3n) is 3.06. The maximum atomic E-state index is 11.9. The van der Waals surface area contributed by atoms with Crippen LogP contribution in [0.5, 0.6) is 11.5 Å². The first-order valence-electron chi connectivity index (χ1n) is 6.35. The number of ether oxygens (including phenoxy) is 3. The smallest absolute Gasteiger partial charge is 0.338 e. The lowest BCUT2D eigenvalue weighted by Gasteiger charge is -2.06. The van der Waals surface area contributed by atoms with Gasteiger partial charge in [0.25, 0.3) is 0 Å². The van der Waals surface area contributed by atoms with E-state index in [1.807, 2.05) is 43.3 Å². The Bertz CT molecular complexity index is 649. The van der Waals surface area contributed by atoms with Gasteiger partial charge in [-0.25, -0.2) is 4.79 Å². The van der Waals surface area contributed by atoms with Gasteiger partial charge in [0.2, 0.25) is 6.79 Å². The molecule has 0 unspecified atom stereocenters. The van der Waals surface area contributed by atoms with E-state index in [1.165, 1.54) is 0 Å². The monoisotopic (exact) mass is 270 g/mol. The molecule has 0 N–H and O–H groups in total. The molecule has 0 saturated heterocycles. The van der Waals surface area contributed by atoms with Gasteiger partial charge < -0.3 is 14.2 Å². The van der Waals surface area contributed by atoms with Crippen molar-refractivity contribution in [3.05, 3.63) is 59.2 Å². The minimum Gasteiger partial charge on any atom is -0.457 e. The van der Waals surface area contributed by atoms with Gasteiger partial charge in [-0.15, -0.1) is 0 Å². The van der Waals surface area contributed by atoms with Gasteiger partial charge in [-0.05, 0) is 36.8 Å². The first-order valence-corrected chi connectivity index (χ1v) is 6.35. The number of esters is 1. The summed E-state index contributed by atoms with van der Waals surface area (Å²) in [6.45, 7) is 2.39. The molecule has 0 radical (unpaired) electrons. The van der Waals surface area contributed by atoms with E-state index in [0.29, 0.717) is 11.3 Å². The van der Waals surface area contributed by atoms with Gasteiger partial charge in [0.1, 0.15) is 6.61 Å². The highest BCUT2D eigenvalue weighted by Gasteiger charge is 2.14. The Morgan fingerprint density at radius 1 is 1.15 bits per heavy atom. The Kier molecular flexibility index (Phi) is 3.29. The van der Waals surface area contributed by atoms with E-state index in [9.17, 15) is 4.79 Å². The van der Waals surface area contributed by atoms with Crippen LogP contribution in [0.2, 0.25) is 0 Å². The highest BCUT2D eigenvalue weighted by atomic mass is 16.7. The van der Waals surface area contributed by atoms with Gasteiger partial charge in [-0.2, -0.15) is 0 Å². The zero-order valence-electron chi connectivity index (χ0n) is 11.1. The second kappa shape index (κ2) is 5.25. The van der Waals surface area contributed by atoms with Crippen molar-refractivity contribution in [3.8, 4) is 11.5 Å². The van der Waals surface area contributed by atoms with Gasteiger partial charge in [0, 0.05) is 0 Å². The van der Waals surface area contributed by atoms with Crippen LogP contribution in [-0.2, 0) is 11.3 Å². The van der Waals surface area contributed by atoms with Crippen molar-refractivity contribution in [1.82, 2.24) is 0 Å². The summed E-state index contributed by atoms with van der Waals surface area (Å²) in [7, 11) is 0. The summed E-state index contributed by atoms with van der Waals surface area (Å²) >= 11 is 0. The molecule has 0 bridgehead atoms. The molecule has 102 valence electrons. The topological polar surface area (TPSA) is 44.8 Å². The fourth-order valence-corrected chi connectivity index (χ4v) is 2.03. The maximum Gasteiger partial charge on any atom is 0.338 e. The number of carbonyl (C=O) groups excluding carboxylic acids is 1. The molecule has 3 rings (SSSR count). The molecule has 4 nitrogen and oxygen atoms in total. The summed E-state index contributed by atoms with van der Waals surface area (Å²) in [5.74, 6) is 1.08. The van der Waals surface area contributed by atoms with Crippen LogP contribution in [0.1, 0.15) is 21.5 Å². The lowest BCUT2D eigenvalue weighted by atomic mass is 10.1. The molecule has 1 aliphatic rings. The zero-order chi connectivity index (χ0) is 13.9. The highest BCUT2D eigenvalue weighted by Crippen LogP contribution is 2.32. The first-order chi connectivity index (χ1) is 9.72. The van der Waals surface area contributed by atoms with Crippen molar-refractivity contribution in [2.24, 2.45) is 0 Å². The summed E-state index contributed by atoms with van der Waals surface area (Å²) < 4.78 is 15.8. The average Bonchev–Trinajstić information content (AvgIpc) is 2.92. The molecule has 20 heavy (non-hydrogen) atoms. The second-order valence-electron chi connectivity index (χ2n) is 4.63. The first kappa shape index (κ1) is 12.5. The Balaban J connectivity index is 1.66. The van der Waals surface area contributed by atoms with Gasteiger partial charge in [0.15, 0.2) is 11.5 Å². The molecule has 1 aliphatic heterocycles. The predicted octanol–water partition coefficient (Wildman–Crippen LogP) is 3.08.